The van der Waals surface area contributed by atoms with Gasteiger partial charge in [0.25, 0.3) is 0 Å². The summed E-state index contributed by atoms with van der Waals surface area (Å²) in [5, 5.41) is 0. The van der Waals surface area contributed by atoms with Gasteiger partial charge in [-0.3, -0.25) is 4.84 Å². The number of hydrogen-bond acceptors (Lipinski definition) is 3. The molecular weight excluding hydrogens is 192 g/mol. The van der Waals surface area contributed by atoms with Gasteiger partial charge in [0.1, 0.15) is 0 Å². The van der Waals surface area contributed by atoms with Crippen molar-refractivity contribution in [2.24, 2.45) is 0 Å². The largest absolute Gasteiger partial charge is 0.301 e. The highest BCUT2D eigenvalue weighted by Crippen LogP contribution is 2.11. The van der Waals surface area contributed by atoms with Crippen LogP contribution in [0.1, 0.15) is 25.7 Å². The standard InChI is InChI=1S/C7H16N2O3S/c1-12-8-13(10,11)9-6-4-2-3-5-7-9/h8H,2-7H2,1H3. The maximum absolute atomic E-state index is 11.4. The van der Waals surface area contributed by atoms with E-state index in [0.717, 1.165) is 25.7 Å². The average molecular weight is 208 g/mol. The molecule has 0 aromatic heterocycles. The Morgan fingerprint density at radius 2 is 1.69 bits per heavy atom. The topological polar surface area (TPSA) is 58.6 Å². The van der Waals surface area contributed by atoms with Crippen LogP contribution in [0.25, 0.3) is 0 Å². The van der Waals surface area contributed by atoms with Crippen molar-refractivity contribution in [2.75, 3.05) is 20.2 Å². The van der Waals surface area contributed by atoms with Gasteiger partial charge in [0.05, 0.1) is 7.11 Å². The maximum atomic E-state index is 11.4. The van der Waals surface area contributed by atoms with Crippen LogP contribution in [0.4, 0.5) is 0 Å². The number of nitrogens with zero attached hydrogens (tertiary/aromatic N) is 1. The molecule has 1 rings (SSSR count). The van der Waals surface area contributed by atoms with Crippen LogP contribution in [-0.4, -0.2) is 32.9 Å². The van der Waals surface area contributed by atoms with E-state index in [0.29, 0.717) is 13.1 Å². The molecule has 1 fully saturated rings. The molecule has 0 amide bonds. The lowest BCUT2D eigenvalue weighted by Gasteiger charge is -2.18. The molecule has 13 heavy (non-hydrogen) atoms. The van der Waals surface area contributed by atoms with Gasteiger partial charge in [-0.25, -0.2) is 0 Å². The van der Waals surface area contributed by atoms with Crippen LogP contribution in [0.2, 0.25) is 0 Å². The molecule has 0 aromatic rings. The van der Waals surface area contributed by atoms with Gasteiger partial charge in [0.2, 0.25) is 0 Å². The van der Waals surface area contributed by atoms with Gasteiger partial charge in [-0.1, -0.05) is 17.7 Å². The number of hydrogen-bond donors (Lipinski definition) is 1. The zero-order valence-corrected chi connectivity index (χ0v) is 8.64. The van der Waals surface area contributed by atoms with E-state index in [4.69, 9.17) is 0 Å². The molecule has 0 bridgehead atoms. The SMILES string of the molecule is CONS(=O)(=O)N1CCCCCC1. The molecule has 0 spiro atoms. The molecule has 1 N–H and O–H groups in total. The Bertz CT molecular complexity index is 232. The quantitative estimate of drug-likeness (QED) is 0.677. The monoisotopic (exact) mass is 208 g/mol. The van der Waals surface area contributed by atoms with Crippen LogP contribution in [0.5, 0.6) is 0 Å². The Morgan fingerprint density at radius 1 is 1.15 bits per heavy atom. The Hall–Kier alpha value is -0.170. The highest BCUT2D eigenvalue weighted by molar-refractivity contribution is 7.87. The van der Waals surface area contributed by atoms with E-state index in [-0.39, 0.29) is 0 Å². The Morgan fingerprint density at radius 3 is 2.15 bits per heavy atom. The number of nitrogens with one attached hydrogen (secondary N) is 1. The molecular formula is C7H16N2O3S. The normalized spacial score (nSPS) is 21.3. The van der Waals surface area contributed by atoms with Gasteiger partial charge in [0.15, 0.2) is 0 Å². The van der Waals surface area contributed by atoms with Crippen LogP contribution < -0.4 is 4.89 Å². The summed E-state index contributed by atoms with van der Waals surface area (Å²) in [4.78, 5) is 6.44. The number of rotatable bonds is 3. The lowest BCUT2D eigenvalue weighted by molar-refractivity contribution is 0.145. The third-order valence-electron chi connectivity index (χ3n) is 2.09. The summed E-state index contributed by atoms with van der Waals surface area (Å²) in [6.07, 6.45) is 4.09. The summed E-state index contributed by atoms with van der Waals surface area (Å²) in [5.74, 6) is 0. The third-order valence-corrected chi connectivity index (χ3v) is 3.52. The minimum absolute atomic E-state index is 0.596. The van der Waals surface area contributed by atoms with Gasteiger partial charge in [-0.15, -0.1) is 0 Å². The first-order valence-electron chi connectivity index (χ1n) is 4.46. The van der Waals surface area contributed by atoms with Crippen molar-refractivity contribution in [3.63, 3.8) is 0 Å². The molecule has 0 unspecified atom stereocenters. The maximum Gasteiger partial charge on any atom is 0.301 e. The van der Waals surface area contributed by atoms with E-state index in [1.165, 1.54) is 11.4 Å². The van der Waals surface area contributed by atoms with Gasteiger partial charge < -0.3 is 0 Å². The Labute approximate surface area is 79.2 Å². The summed E-state index contributed by atoms with van der Waals surface area (Å²) in [7, 11) is -2.09. The lowest BCUT2D eigenvalue weighted by Crippen LogP contribution is -2.40. The fraction of sp³-hybridized carbons (Fsp3) is 1.00. The van der Waals surface area contributed by atoms with Gasteiger partial charge in [0, 0.05) is 13.1 Å². The summed E-state index contributed by atoms with van der Waals surface area (Å²) in [5.41, 5.74) is 0. The molecule has 0 radical (unpaired) electrons. The first-order valence-corrected chi connectivity index (χ1v) is 5.90. The van der Waals surface area contributed by atoms with Crippen LogP contribution in [0.15, 0.2) is 0 Å². The van der Waals surface area contributed by atoms with Crippen molar-refractivity contribution in [1.29, 1.82) is 0 Å². The van der Waals surface area contributed by atoms with Gasteiger partial charge >= 0.3 is 10.2 Å². The summed E-state index contributed by atoms with van der Waals surface area (Å²) >= 11 is 0. The van der Waals surface area contributed by atoms with Crippen molar-refractivity contribution < 1.29 is 13.3 Å². The summed E-state index contributed by atoms with van der Waals surface area (Å²) < 4.78 is 24.3. The molecule has 0 saturated carbocycles. The van der Waals surface area contributed by atoms with Crippen LogP contribution >= 0.6 is 0 Å². The minimum Gasteiger partial charge on any atom is -0.289 e. The van der Waals surface area contributed by atoms with Crippen molar-refractivity contribution >= 4 is 10.2 Å². The molecule has 78 valence electrons. The third kappa shape index (κ3) is 3.22. The summed E-state index contributed by atoms with van der Waals surface area (Å²) in [6.45, 7) is 1.19. The van der Waals surface area contributed by atoms with E-state index in [9.17, 15) is 8.42 Å². The van der Waals surface area contributed by atoms with Crippen molar-refractivity contribution in [1.82, 2.24) is 9.19 Å². The van der Waals surface area contributed by atoms with E-state index in [2.05, 4.69) is 4.84 Å². The second-order valence-electron chi connectivity index (χ2n) is 3.11. The molecule has 1 saturated heterocycles. The fourth-order valence-corrected chi connectivity index (χ4v) is 2.49. The molecule has 0 atom stereocenters. The molecule has 0 aliphatic carbocycles. The van der Waals surface area contributed by atoms with Crippen molar-refractivity contribution in [2.45, 2.75) is 25.7 Å². The highest BCUT2D eigenvalue weighted by atomic mass is 32.2. The molecule has 1 aliphatic rings. The van der Waals surface area contributed by atoms with E-state index < -0.39 is 10.2 Å². The van der Waals surface area contributed by atoms with E-state index in [1.54, 1.807) is 0 Å². The van der Waals surface area contributed by atoms with Crippen molar-refractivity contribution in [3.05, 3.63) is 0 Å². The predicted octanol–water partition coefficient (Wildman–Crippen LogP) is 0.258. The molecule has 5 nitrogen and oxygen atoms in total. The molecule has 0 aromatic carbocycles. The average Bonchev–Trinajstić information content (AvgIpc) is 2.31. The zero-order chi connectivity index (χ0) is 9.73. The molecule has 6 heteroatoms. The Balaban J connectivity index is 2.57. The predicted molar refractivity (Wildman–Crippen MR) is 49.1 cm³/mol. The Kier molecular flexibility index (Phi) is 4.11. The minimum atomic E-state index is -3.40. The van der Waals surface area contributed by atoms with E-state index >= 15 is 0 Å². The second kappa shape index (κ2) is 4.90. The smallest absolute Gasteiger partial charge is 0.289 e. The van der Waals surface area contributed by atoms with Gasteiger partial charge in [-0.2, -0.15) is 12.7 Å². The van der Waals surface area contributed by atoms with Crippen LogP contribution in [-0.2, 0) is 15.0 Å². The molecule has 1 heterocycles. The first-order chi connectivity index (χ1) is 6.17. The summed E-state index contributed by atoms with van der Waals surface area (Å²) in [6, 6.07) is 0. The van der Waals surface area contributed by atoms with Crippen LogP contribution in [0, 0.1) is 0 Å². The van der Waals surface area contributed by atoms with Crippen molar-refractivity contribution in [3.8, 4) is 0 Å². The highest BCUT2D eigenvalue weighted by Gasteiger charge is 2.22. The fourth-order valence-electron chi connectivity index (χ4n) is 1.44. The first kappa shape index (κ1) is 10.9. The van der Waals surface area contributed by atoms with E-state index in [1.807, 2.05) is 4.89 Å². The van der Waals surface area contributed by atoms with Crippen LogP contribution in [0.3, 0.4) is 0 Å². The van der Waals surface area contributed by atoms with Gasteiger partial charge in [-0.05, 0) is 12.8 Å². The molecule has 1 aliphatic heterocycles. The second-order valence-corrected chi connectivity index (χ2v) is 4.74. The zero-order valence-electron chi connectivity index (χ0n) is 7.82. The lowest BCUT2D eigenvalue weighted by atomic mass is 10.2.